The fourth-order valence-electron chi connectivity index (χ4n) is 4.13. The van der Waals surface area contributed by atoms with Crippen molar-refractivity contribution in [1.82, 2.24) is 0 Å². The molecule has 0 aromatic carbocycles. The van der Waals surface area contributed by atoms with Gasteiger partial charge in [0.1, 0.15) is 0 Å². The minimum absolute atomic E-state index is 0. The van der Waals surface area contributed by atoms with Crippen molar-refractivity contribution >= 4 is 44.9 Å². The molecule has 0 amide bonds. The smallest absolute Gasteiger partial charge is 0.309 e. The Hall–Kier alpha value is 1.72. The van der Waals surface area contributed by atoms with E-state index in [4.69, 9.17) is 65.3 Å². The molecule has 0 spiro atoms. The average molecular weight is 646 g/mol. The topological polar surface area (TPSA) is 124 Å². The Morgan fingerprint density at radius 1 is 0.629 bits per heavy atom. The SMILES string of the molecule is C1CCC(C2CCCCC2)CC1.CCOP(=S)(OCC)OP(=S)(OCC)OCC.O=P(O)(O)O.[Co]. The second-order valence-electron chi connectivity index (χ2n) is 7.96. The Morgan fingerprint density at radius 3 is 1.06 bits per heavy atom. The first-order valence-corrected chi connectivity index (χ1v) is 18.9. The van der Waals surface area contributed by atoms with E-state index in [-0.39, 0.29) is 16.8 Å². The van der Waals surface area contributed by atoms with E-state index >= 15 is 0 Å². The molecule has 2 aliphatic carbocycles. The first-order valence-electron chi connectivity index (χ1n) is 12.2. The summed E-state index contributed by atoms with van der Waals surface area (Å²) in [4.78, 5) is 21.6. The quantitative estimate of drug-likeness (QED) is 0.205. The third-order valence-corrected chi connectivity index (χ3v) is 11.7. The molecule has 2 saturated carbocycles. The van der Waals surface area contributed by atoms with Gasteiger partial charge in [-0.05, 0) is 63.1 Å². The van der Waals surface area contributed by atoms with Crippen LogP contribution in [0.15, 0.2) is 0 Å². The average Bonchev–Trinajstić information content (AvgIpc) is 2.74. The van der Waals surface area contributed by atoms with Crippen molar-refractivity contribution in [2.75, 3.05) is 26.4 Å². The predicted molar refractivity (Wildman–Crippen MR) is 144 cm³/mol. The fraction of sp³-hybridized carbons (Fsp3) is 1.00. The standard InChI is InChI=1S/C12H22.C8H20O5P2S2.Co.H3O4P/c1-3-7-11(8-4-1)12-9-5-2-6-10-12;1-5-9-14(16,10-6-2)13-15(17,11-7-3)12-8-4;;1-5(2,3)4/h11-12H,1-10H2;5-8H2,1-4H3;;(H3,1,2,3,4). The molecule has 9 nitrogen and oxygen atoms in total. The van der Waals surface area contributed by atoms with Gasteiger partial charge in [0.05, 0.1) is 26.4 Å². The number of hydrogen-bond acceptors (Lipinski definition) is 8. The molecule has 2 aliphatic rings. The van der Waals surface area contributed by atoms with Crippen molar-refractivity contribution in [1.29, 1.82) is 0 Å². The molecule has 3 N–H and O–H groups in total. The molecular weight excluding hydrogens is 600 g/mol. The molecule has 1 radical (unpaired) electrons. The summed E-state index contributed by atoms with van der Waals surface area (Å²) >= 11 is 10.4. The van der Waals surface area contributed by atoms with Crippen LogP contribution in [0.5, 0.6) is 0 Å². The van der Waals surface area contributed by atoms with Crippen molar-refractivity contribution in [2.24, 2.45) is 11.8 Å². The van der Waals surface area contributed by atoms with Gasteiger partial charge in [-0.2, -0.15) is 0 Å². The summed E-state index contributed by atoms with van der Waals surface area (Å²) in [6.45, 7) is 3.09. The Bertz CT molecular complexity index is 585. The number of phosphoric acid groups is 1. The van der Waals surface area contributed by atoms with Crippen LogP contribution < -0.4 is 0 Å². The van der Waals surface area contributed by atoms with Gasteiger partial charge in [-0.25, -0.2) is 8.88 Å². The third kappa shape index (κ3) is 21.2. The molecule has 0 unspecified atom stereocenters. The van der Waals surface area contributed by atoms with Crippen LogP contribution >= 0.6 is 21.3 Å². The van der Waals surface area contributed by atoms with E-state index < -0.39 is 21.3 Å². The normalized spacial score (nSPS) is 17.9. The fourth-order valence-corrected chi connectivity index (χ4v) is 10.5. The van der Waals surface area contributed by atoms with E-state index in [1.54, 1.807) is 25.7 Å². The molecule has 2 rings (SSSR count). The van der Waals surface area contributed by atoms with Crippen LogP contribution in [0, 0.1) is 11.8 Å². The van der Waals surface area contributed by atoms with Gasteiger partial charge in [0.25, 0.3) is 0 Å². The summed E-state index contributed by atoms with van der Waals surface area (Å²) in [5, 5.41) is 0. The van der Waals surface area contributed by atoms with Crippen LogP contribution in [0.25, 0.3) is 0 Å². The largest absolute Gasteiger partial charge is 0.466 e. The molecule has 0 bridgehead atoms. The van der Waals surface area contributed by atoms with Crippen molar-refractivity contribution in [3.8, 4) is 0 Å². The summed E-state index contributed by atoms with van der Waals surface area (Å²) in [6, 6.07) is 0. The third-order valence-electron chi connectivity index (χ3n) is 5.32. The summed E-state index contributed by atoms with van der Waals surface area (Å²) in [5.41, 5.74) is 0. The maximum atomic E-state index is 8.88. The molecule has 0 atom stereocenters. The van der Waals surface area contributed by atoms with Crippen LogP contribution in [-0.4, -0.2) is 41.1 Å². The molecule has 0 aromatic rings. The van der Waals surface area contributed by atoms with E-state index in [1.807, 2.05) is 27.7 Å². The summed E-state index contributed by atoms with van der Waals surface area (Å²) in [5.74, 6) is 2.28. The Labute approximate surface area is 232 Å². The van der Waals surface area contributed by atoms with Crippen molar-refractivity contribution in [2.45, 2.75) is 91.9 Å². The van der Waals surface area contributed by atoms with Gasteiger partial charge < -0.3 is 32.8 Å². The van der Waals surface area contributed by atoms with E-state index in [0.717, 1.165) is 11.8 Å². The van der Waals surface area contributed by atoms with Crippen LogP contribution in [0.2, 0.25) is 0 Å². The second kappa shape index (κ2) is 21.5. The maximum absolute atomic E-state index is 8.88. The Kier molecular flexibility index (Phi) is 23.9. The van der Waals surface area contributed by atoms with Gasteiger partial charge in [0.15, 0.2) is 0 Å². The predicted octanol–water partition coefficient (Wildman–Crippen LogP) is 6.81. The molecule has 2 fully saturated rings. The van der Waals surface area contributed by atoms with Gasteiger partial charge in [0.2, 0.25) is 0 Å². The molecule has 0 aromatic heterocycles. The van der Waals surface area contributed by atoms with E-state index in [1.165, 1.54) is 38.5 Å². The molecule has 35 heavy (non-hydrogen) atoms. The monoisotopic (exact) mass is 645 g/mol. The van der Waals surface area contributed by atoms with E-state index in [9.17, 15) is 0 Å². The van der Waals surface area contributed by atoms with Crippen LogP contribution in [0.4, 0.5) is 0 Å². The van der Waals surface area contributed by atoms with Gasteiger partial charge in [0, 0.05) is 16.8 Å². The molecule has 15 heteroatoms. The minimum Gasteiger partial charge on any atom is -0.309 e. The second-order valence-corrected chi connectivity index (χ2v) is 15.1. The summed E-state index contributed by atoms with van der Waals surface area (Å²) in [7, 11) is -4.64. The molecule has 0 aliphatic heterocycles. The van der Waals surface area contributed by atoms with Gasteiger partial charge in [-0.15, -0.1) is 0 Å². The molecule has 215 valence electrons. The van der Waals surface area contributed by atoms with Crippen LogP contribution in [0.3, 0.4) is 0 Å². The zero-order valence-electron chi connectivity index (χ0n) is 21.3. The molecular formula is C20H45CoO9P3S2. The van der Waals surface area contributed by atoms with Crippen molar-refractivity contribution in [3.05, 3.63) is 0 Å². The number of rotatable bonds is 11. The van der Waals surface area contributed by atoms with E-state index in [0.29, 0.717) is 26.4 Å². The minimum atomic E-state index is -4.64. The van der Waals surface area contributed by atoms with Gasteiger partial charge in [-0.3, -0.25) is 0 Å². The van der Waals surface area contributed by atoms with Crippen molar-refractivity contribution < 1.29 is 58.4 Å². The van der Waals surface area contributed by atoms with Crippen LogP contribution in [0.1, 0.15) is 91.9 Å². The summed E-state index contributed by atoms with van der Waals surface area (Å²) < 4.78 is 35.8. The van der Waals surface area contributed by atoms with Gasteiger partial charge >= 0.3 is 21.3 Å². The van der Waals surface area contributed by atoms with Crippen LogP contribution in [-0.2, 0) is 67.4 Å². The maximum Gasteiger partial charge on any atom is 0.466 e. The van der Waals surface area contributed by atoms with Crippen molar-refractivity contribution in [3.63, 3.8) is 0 Å². The van der Waals surface area contributed by atoms with E-state index in [2.05, 4.69) is 0 Å². The first kappa shape index (κ1) is 38.9. The molecule has 0 saturated heterocycles. The first-order chi connectivity index (χ1) is 15.9. The zero-order valence-corrected chi connectivity index (χ0v) is 26.7. The Balaban J connectivity index is 0. The number of hydrogen-bond donors (Lipinski definition) is 3. The summed E-state index contributed by atoms with van der Waals surface area (Å²) in [6.07, 6.45) is 15.4. The Morgan fingerprint density at radius 2 is 0.857 bits per heavy atom. The molecule has 0 heterocycles. The van der Waals surface area contributed by atoms with Gasteiger partial charge in [-0.1, -0.05) is 64.2 Å². The zero-order chi connectivity index (χ0) is 26.1.